The number of benzene rings is 3. The van der Waals surface area contributed by atoms with Crippen molar-refractivity contribution >= 4 is 5.71 Å². The topological polar surface area (TPSA) is 35.8 Å². The summed E-state index contributed by atoms with van der Waals surface area (Å²) < 4.78 is 21.0. The monoisotopic (exact) mass is 442 g/mol. The van der Waals surface area contributed by atoms with E-state index in [1.54, 1.807) is 19.2 Å². The molecule has 0 bridgehead atoms. The van der Waals surface area contributed by atoms with E-state index in [1.807, 2.05) is 50.2 Å². The summed E-state index contributed by atoms with van der Waals surface area (Å²) in [6.45, 7) is 6.44. The minimum atomic E-state index is -0.263. The molecule has 0 N–H and O–H groups in total. The molecule has 0 aliphatic heterocycles. The molecule has 0 saturated carbocycles. The molecular formula is C28H27FN2O2. The third kappa shape index (κ3) is 4.98. The number of oxime groups is 1. The quantitative estimate of drug-likeness (QED) is 0.232. The third-order valence-electron chi connectivity index (χ3n) is 5.62. The Balaban J connectivity index is 1.71. The number of nitrogens with zero attached hydrogens (tertiary/aromatic N) is 2. The fraction of sp³-hybridized carbons (Fsp3) is 0.179. The largest absolute Gasteiger partial charge is 0.497 e. The van der Waals surface area contributed by atoms with Crippen LogP contribution < -0.4 is 4.74 Å². The summed E-state index contributed by atoms with van der Waals surface area (Å²) in [6, 6.07) is 24.6. The lowest BCUT2D eigenvalue weighted by Gasteiger charge is -2.13. The summed E-state index contributed by atoms with van der Waals surface area (Å²) in [4.78, 5) is 5.67. The molecule has 0 fully saturated rings. The van der Waals surface area contributed by atoms with Gasteiger partial charge < -0.3 is 14.1 Å². The van der Waals surface area contributed by atoms with Crippen LogP contribution in [0, 0.1) is 19.7 Å². The van der Waals surface area contributed by atoms with Gasteiger partial charge in [0.05, 0.1) is 18.5 Å². The zero-order valence-electron chi connectivity index (χ0n) is 19.3. The van der Waals surface area contributed by atoms with Crippen LogP contribution in [0.1, 0.15) is 29.3 Å². The number of aryl methyl sites for hydroxylation is 1. The molecule has 0 amide bonds. The Morgan fingerprint density at radius 2 is 1.67 bits per heavy atom. The van der Waals surface area contributed by atoms with Crippen LogP contribution in [0.4, 0.5) is 4.39 Å². The lowest BCUT2D eigenvalue weighted by Crippen LogP contribution is -2.02. The van der Waals surface area contributed by atoms with Crippen LogP contribution in [0.25, 0.3) is 16.9 Å². The van der Waals surface area contributed by atoms with Gasteiger partial charge in [-0.15, -0.1) is 0 Å². The molecule has 168 valence electrons. The van der Waals surface area contributed by atoms with Gasteiger partial charge in [0.2, 0.25) is 0 Å². The van der Waals surface area contributed by atoms with Crippen molar-refractivity contribution in [1.29, 1.82) is 0 Å². The third-order valence-corrected chi connectivity index (χ3v) is 5.62. The molecule has 1 aromatic heterocycles. The van der Waals surface area contributed by atoms with Crippen LogP contribution in [-0.4, -0.2) is 17.4 Å². The van der Waals surface area contributed by atoms with Gasteiger partial charge in [0.25, 0.3) is 0 Å². The number of hydrogen-bond acceptors (Lipinski definition) is 3. The van der Waals surface area contributed by atoms with E-state index in [1.165, 1.54) is 17.7 Å². The molecule has 0 saturated heterocycles. The van der Waals surface area contributed by atoms with Gasteiger partial charge in [-0.2, -0.15) is 0 Å². The van der Waals surface area contributed by atoms with Crippen LogP contribution in [-0.2, 0) is 11.4 Å². The average molecular weight is 443 g/mol. The first kappa shape index (κ1) is 22.3. The van der Waals surface area contributed by atoms with Crippen molar-refractivity contribution in [3.63, 3.8) is 0 Å². The first-order valence-corrected chi connectivity index (χ1v) is 10.8. The highest BCUT2D eigenvalue weighted by molar-refractivity contribution is 6.01. The lowest BCUT2D eigenvalue weighted by molar-refractivity contribution is 0.130. The van der Waals surface area contributed by atoms with E-state index >= 15 is 0 Å². The predicted molar refractivity (Wildman–Crippen MR) is 131 cm³/mol. The fourth-order valence-electron chi connectivity index (χ4n) is 3.92. The van der Waals surface area contributed by atoms with Gasteiger partial charge in [-0.05, 0) is 86.5 Å². The molecule has 0 atom stereocenters. The molecule has 4 aromatic rings. The molecule has 0 spiro atoms. The van der Waals surface area contributed by atoms with Crippen LogP contribution in [0.3, 0.4) is 0 Å². The van der Waals surface area contributed by atoms with Crippen molar-refractivity contribution in [2.24, 2.45) is 5.16 Å². The van der Waals surface area contributed by atoms with Gasteiger partial charge in [-0.3, -0.25) is 0 Å². The standard InChI is InChI=1S/C28H27FN2O2/c1-19-6-5-7-22(16-19)18-33-30-20(2)27-17-28(23-8-10-24(29)11-9-23)31(21(27)3)25-12-14-26(32-4)15-13-25/h5-17H,18H2,1-4H3. The van der Waals surface area contributed by atoms with E-state index in [9.17, 15) is 4.39 Å². The summed E-state index contributed by atoms with van der Waals surface area (Å²) in [5, 5.41) is 4.39. The van der Waals surface area contributed by atoms with Gasteiger partial charge in [0.15, 0.2) is 0 Å². The van der Waals surface area contributed by atoms with E-state index in [4.69, 9.17) is 9.57 Å². The number of ether oxygens (including phenoxy) is 1. The van der Waals surface area contributed by atoms with Gasteiger partial charge in [-0.25, -0.2) is 4.39 Å². The molecule has 4 nitrogen and oxygen atoms in total. The van der Waals surface area contributed by atoms with Crippen LogP contribution >= 0.6 is 0 Å². The Kier molecular flexibility index (Phi) is 6.59. The van der Waals surface area contributed by atoms with Crippen molar-refractivity contribution < 1.29 is 14.0 Å². The van der Waals surface area contributed by atoms with Gasteiger partial charge in [-0.1, -0.05) is 35.0 Å². The molecule has 3 aromatic carbocycles. The SMILES string of the molecule is COc1ccc(-n2c(-c3ccc(F)cc3)cc(C(C)=NOCc3cccc(C)c3)c2C)cc1. The molecule has 0 radical (unpaired) electrons. The molecule has 0 aliphatic rings. The number of rotatable bonds is 7. The Morgan fingerprint density at radius 3 is 2.33 bits per heavy atom. The summed E-state index contributed by atoms with van der Waals surface area (Å²) in [5.74, 6) is 0.523. The second-order valence-corrected chi connectivity index (χ2v) is 8.01. The van der Waals surface area contributed by atoms with Crippen LogP contribution in [0.5, 0.6) is 5.75 Å². The molecule has 0 aliphatic carbocycles. The van der Waals surface area contributed by atoms with E-state index in [2.05, 4.69) is 34.8 Å². The molecular weight excluding hydrogens is 415 g/mol. The molecule has 0 unspecified atom stereocenters. The van der Waals surface area contributed by atoms with Gasteiger partial charge >= 0.3 is 0 Å². The number of hydrogen-bond donors (Lipinski definition) is 0. The number of methoxy groups -OCH3 is 1. The molecule has 5 heteroatoms. The number of halogens is 1. The first-order valence-electron chi connectivity index (χ1n) is 10.8. The van der Waals surface area contributed by atoms with Crippen molar-refractivity contribution in [3.8, 4) is 22.7 Å². The Bertz CT molecular complexity index is 1270. The normalized spacial score (nSPS) is 11.5. The molecule has 33 heavy (non-hydrogen) atoms. The average Bonchev–Trinajstić information content (AvgIpc) is 3.16. The highest BCUT2D eigenvalue weighted by Crippen LogP contribution is 2.31. The van der Waals surface area contributed by atoms with Gasteiger partial charge in [0, 0.05) is 16.9 Å². The van der Waals surface area contributed by atoms with E-state index in [0.29, 0.717) is 6.61 Å². The van der Waals surface area contributed by atoms with Crippen molar-refractivity contribution in [1.82, 2.24) is 4.57 Å². The minimum Gasteiger partial charge on any atom is -0.497 e. The highest BCUT2D eigenvalue weighted by atomic mass is 19.1. The first-order chi connectivity index (χ1) is 16.0. The Labute approximate surface area is 193 Å². The minimum absolute atomic E-state index is 0.263. The van der Waals surface area contributed by atoms with Crippen molar-refractivity contribution in [2.75, 3.05) is 7.11 Å². The van der Waals surface area contributed by atoms with Crippen molar-refractivity contribution in [2.45, 2.75) is 27.4 Å². The summed E-state index contributed by atoms with van der Waals surface area (Å²) in [5.41, 5.74) is 7.85. The summed E-state index contributed by atoms with van der Waals surface area (Å²) >= 11 is 0. The van der Waals surface area contributed by atoms with Crippen LogP contribution in [0.15, 0.2) is 84.0 Å². The number of aromatic nitrogens is 1. The predicted octanol–water partition coefficient (Wildman–Crippen LogP) is 6.85. The maximum absolute atomic E-state index is 13.6. The maximum Gasteiger partial charge on any atom is 0.142 e. The van der Waals surface area contributed by atoms with Gasteiger partial charge in [0.1, 0.15) is 18.2 Å². The molecule has 1 heterocycles. The fourth-order valence-corrected chi connectivity index (χ4v) is 3.92. The van der Waals surface area contributed by atoms with E-state index < -0.39 is 0 Å². The van der Waals surface area contributed by atoms with Crippen molar-refractivity contribution in [3.05, 3.63) is 107 Å². The summed E-state index contributed by atoms with van der Waals surface area (Å²) in [6.07, 6.45) is 0. The smallest absolute Gasteiger partial charge is 0.142 e. The Morgan fingerprint density at radius 1 is 0.939 bits per heavy atom. The Hall–Kier alpha value is -3.86. The zero-order valence-corrected chi connectivity index (χ0v) is 19.3. The van der Waals surface area contributed by atoms with Crippen LogP contribution in [0.2, 0.25) is 0 Å². The highest BCUT2D eigenvalue weighted by Gasteiger charge is 2.17. The second kappa shape index (κ2) is 9.74. The van der Waals surface area contributed by atoms with E-state index in [0.717, 1.165) is 45.2 Å². The lowest BCUT2D eigenvalue weighted by atomic mass is 10.1. The second-order valence-electron chi connectivity index (χ2n) is 8.01. The summed E-state index contributed by atoms with van der Waals surface area (Å²) in [7, 11) is 1.65. The molecule has 4 rings (SSSR count). The maximum atomic E-state index is 13.6. The zero-order chi connectivity index (χ0) is 23.4. The van der Waals surface area contributed by atoms with E-state index in [-0.39, 0.29) is 5.82 Å².